The van der Waals surface area contributed by atoms with Crippen molar-refractivity contribution >= 4 is 11.0 Å². The van der Waals surface area contributed by atoms with Gasteiger partial charge in [-0.25, -0.2) is 4.79 Å². The lowest BCUT2D eigenvalue weighted by atomic mass is 9.29. The van der Waals surface area contributed by atoms with E-state index in [0.29, 0.717) is 6.42 Å². The van der Waals surface area contributed by atoms with Crippen LogP contribution in [0.4, 0.5) is 26.3 Å². The molecule has 0 spiro atoms. The number of alkyl halides is 6. The number of hydrogen-bond donors (Lipinski definition) is 3. The summed E-state index contributed by atoms with van der Waals surface area (Å²) in [4.78, 5) is 14.7. The lowest BCUT2D eigenvalue weighted by molar-refractivity contribution is -0.403. The van der Waals surface area contributed by atoms with E-state index < -0.39 is 52.1 Å². The molecule has 3 saturated carbocycles. The second kappa shape index (κ2) is 7.66. The Kier molecular flexibility index (Phi) is 5.41. The van der Waals surface area contributed by atoms with Gasteiger partial charge in [-0.3, -0.25) is 4.57 Å². The topological polar surface area (TPSA) is 79.3 Å². The summed E-state index contributed by atoms with van der Waals surface area (Å²) in [5.74, 6) is -0.0999. The summed E-state index contributed by atoms with van der Waals surface area (Å²) in [7, 11) is 0. The molecule has 0 amide bonds. The SMILES string of the molecule is CC1CC(O)(C23CC(C(F)(F)F)(C2)C3)CC(COc2cc(C(F)(F)F)c3c(c2)[nH]c(=O)n3C(C)C)N1. The quantitative estimate of drug-likeness (QED) is 0.489. The van der Waals surface area contributed by atoms with Crippen LogP contribution in [0.2, 0.25) is 0 Å². The van der Waals surface area contributed by atoms with E-state index in [-0.39, 0.29) is 55.1 Å². The summed E-state index contributed by atoms with van der Waals surface area (Å²) in [6, 6.07) is 0.994. The molecule has 3 unspecified atom stereocenters. The highest BCUT2D eigenvalue weighted by Gasteiger charge is 2.83. The number of benzene rings is 1. The van der Waals surface area contributed by atoms with Crippen molar-refractivity contribution in [2.24, 2.45) is 10.8 Å². The number of ether oxygens (including phenoxy) is 1. The van der Waals surface area contributed by atoms with Crippen molar-refractivity contribution in [3.05, 3.63) is 28.2 Å². The lowest BCUT2D eigenvalue weighted by Crippen LogP contribution is -2.78. The molecule has 1 aromatic carbocycles. The number of aromatic nitrogens is 2. The first-order valence-electron chi connectivity index (χ1n) is 12.0. The number of fused-ring (bicyclic) bond motifs is 1. The summed E-state index contributed by atoms with van der Waals surface area (Å²) >= 11 is 0. The van der Waals surface area contributed by atoms with Crippen LogP contribution >= 0.6 is 0 Å². The summed E-state index contributed by atoms with van der Waals surface area (Å²) in [6.07, 6.45) is -8.86. The van der Waals surface area contributed by atoms with E-state index in [2.05, 4.69) is 10.3 Å². The Labute approximate surface area is 203 Å². The number of nitrogens with zero attached hydrogens (tertiary/aromatic N) is 1. The van der Waals surface area contributed by atoms with Crippen LogP contribution in [0.5, 0.6) is 5.75 Å². The second-order valence-electron chi connectivity index (χ2n) is 11.4. The highest BCUT2D eigenvalue weighted by Crippen LogP contribution is 2.82. The first-order chi connectivity index (χ1) is 16.5. The molecule has 2 aromatic rings. The number of hydrogen-bond acceptors (Lipinski definition) is 4. The molecule has 12 heteroatoms. The van der Waals surface area contributed by atoms with Gasteiger partial charge in [-0.1, -0.05) is 0 Å². The fraction of sp³-hybridized carbons (Fsp3) is 0.708. The normalized spacial score (nSPS) is 34.5. The van der Waals surface area contributed by atoms with Gasteiger partial charge in [-0.05, 0) is 58.9 Å². The molecule has 3 aliphatic carbocycles. The van der Waals surface area contributed by atoms with E-state index >= 15 is 0 Å². The molecular formula is C24H29F6N3O3. The Balaban J connectivity index is 1.36. The molecule has 1 aromatic heterocycles. The van der Waals surface area contributed by atoms with Crippen molar-refractivity contribution < 1.29 is 36.2 Å². The summed E-state index contributed by atoms with van der Waals surface area (Å²) in [5, 5.41) is 14.7. The highest BCUT2D eigenvalue weighted by atomic mass is 19.4. The number of nitrogens with one attached hydrogen (secondary N) is 2. The molecule has 4 aliphatic rings. The fourth-order valence-corrected chi connectivity index (χ4v) is 6.87. The van der Waals surface area contributed by atoms with Gasteiger partial charge < -0.3 is 20.1 Å². The summed E-state index contributed by atoms with van der Waals surface area (Å²) < 4.78 is 88.4. The molecule has 6 nitrogen and oxygen atoms in total. The molecule has 2 heterocycles. The second-order valence-corrected chi connectivity index (χ2v) is 11.4. The zero-order chi connectivity index (χ0) is 26.5. The third kappa shape index (κ3) is 3.66. The number of aromatic amines is 1. The Morgan fingerprint density at radius 2 is 1.78 bits per heavy atom. The van der Waals surface area contributed by atoms with E-state index in [0.717, 1.165) is 10.6 Å². The molecular weight excluding hydrogens is 492 g/mol. The maximum atomic E-state index is 13.9. The van der Waals surface area contributed by atoms with E-state index in [1.54, 1.807) is 13.8 Å². The van der Waals surface area contributed by atoms with E-state index in [1.807, 2.05) is 6.92 Å². The maximum Gasteiger partial charge on any atom is 0.418 e. The van der Waals surface area contributed by atoms with Gasteiger partial charge in [-0.2, -0.15) is 26.3 Å². The zero-order valence-electron chi connectivity index (χ0n) is 20.1. The van der Waals surface area contributed by atoms with Crippen molar-refractivity contribution in [1.29, 1.82) is 0 Å². The van der Waals surface area contributed by atoms with Crippen LogP contribution in [-0.2, 0) is 6.18 Å². The minimum Gasteiger partial charge on any atom is -0.492 e. The molecule has 2 bridgehead atoms. The van der Waals surface area contributed by atoms with Crippen molar-refractivity contribution in [1.82, 2.24) is 14.9 Å². The number of aliphatic hydroxyl groups is 1. The van der Waals surface area contributed by atoms with Gasteiger partial charge in [0.25, 0.3) is 0 Å². The van der Waals surface area contributed by atoms with Gasteiger partial charge in [0.2, 0.25) is 0 Å². The predicted octanol–water partition coefficient (Wildman–Crippen LogP) is 4.91. The van der Waals surface area contributed by atoms with Gasteiger partial charge in [0.05, 0.1) is 27.6 Å². The molecule has 200 valence electrons. The summed E-state index contributed by atoms with van der Waals surface area (Å²) in [6.45, 7) is 4.94. The molecule has 6 rings (SSSR count). The predicted molar refractivity (Wildman–Crippen MR) is 119 cm³/mol. The van der Waals surface area contributed by atoms with Crippen LogP contribution in [-0.4, -0.2) is 45.1 Å². The van der Waals surface area contributed by atoms with Crippen LogP contribution in [0.1, 0.15) is 64.5 Å². The van der Waals surface area contributed by atoms with Crippen LogP contribution in [0, 0.1) is 10.8 Å². The lowest BCUT2D eigenvalue weighted by Gasteiger charge is -2.76. The molecule has 1 aliphatic heterocycles. The smallest absolute Gasteiger partial charge is 0.418 e. The zero-order valence-corrected chi connectivity index (χ0v) is 20.1. The monoisotopic (exact) mass is 521 g/mol. The van der Waals surface area contributed by atoms with Crippen molar-refractivity contribution in [2.45, 2.75) is 89.0 Å². The van der Waals surface area contributed by atoms with Gasteiger partial charge in [0.1, 0.15) is 12.4 Å². The Hall–Kier alpha value is -2.21. The average Bonchev–Trinajstić information content (AvgIpc) is 2.96. The Bertz CT molecular complexity index is 1230. The van der Waals surface area contributed by atoms with Gasteiger partial charge in [-0.15, -0.1) is 0 Å². The highest BCUT2D eigenvalue weighted by molar-refractivity contribution is 5.81. The molecule has 3 atom stereocenters. The van der Waals surface area contributed by atoms with Gasteiger partial charge in [0.15, 0.2) is 0 Å². The van der Waals surface area contributed by atoms with E-state index in [4.69, 9.17) is 4.74 Å². The van der Waals surface area contributed by atoms with Crippen LogP contribution in [0.25, 0.3) is 11.0 Å². The number of H-pyrrole nitrogens is 1. The van der Waals surface area contributed by atoms with Crippen molar-refractivity contribution in [3.63, 3.8) is 0 Å². The van der Waals surface area contributed by atoms with Crippen LogP contribution in [0.15, 0.2) is 16.9 Å². The molecule has 4 fully saturated rings. The average molecular weight is 522 g/mol. The minimum atomic E-state index is -4.74. The number of piperidine rings is 1. The standard InChI is InChI=1S/C24H29F6N3O3/c1-12(2)33-18-16(23(25,26)27)4-15(5-17(18)32-19(33)34)36-8-14-7-22(35,6-13(3)31-14)20-9-21(10-20,11-20)24(28,29)30/h4-5,12-14,31,35H,6-11H2,1-3H3,(H,32,34). The Morgan fingerprint density at radius 3 is 2.33 bits per heavy atom. The first-order valence-corrected chi connectivity index (χ1v) is 12.0. The van der Waals surface area contributed by atoms with Crippen LogP contribution in [0.3, 0.4) is 0 Å². The van der Waals surface area contributed by atoms with E-state index in [1.165, 1.54) is 6.07 Å². The van der Waals surface area contributed by atoms with Gasteiger partial charge >= 0.3 is 18.0 Å². The van der Waals surface area contributed by atoms with Gasteiger partial charge in [0, 0.05) is 29.6 Å². The minimum absolute atomic E-state index is 0.00804. The largest absolute Gasteiger partial charge is 0.492 e. The molecule has 1 saturated heterocycles. The van der Waals surface area contributed by atoms with E-state index in [9.17, 15) is 36.2 Å². The molecule has 3 N–H and O–H groups in total. The first kappa shape index (κ1) is 25.4. The third-order valence-electron chi connectivity index (χ3n) is 8.42. The number of halogens is 6. The molecule has 0 radical (unpaired) electrons. The van der Waals surface area contributed by atoms with Crippen molar-refractivity contribution in [3.8, 4) is 5.75 Å². The Morgan fingerprint density at radius 1 is 1.14 bits per heavy atom. The van der Waals surface area contributed by atoms with Crippen molar-refractivity contribution in [2.75, 3.05) is 6.61 Å². The fourth-order valence-electron chi connectivity index (χ4n) is 6.87. The molecule has 36 heavy (non-hydrogen) atoms. The summed E-state index contributed by atoms with van der Waals surface area (Å²) in [5.41, 5.74) is -5.70. The number of imidazole rings is 1. The maximum absolute atomic E-state index is 13.9. The third-order valence-corrected chi connectivity index (χ3v) is 8.42. The number of rotatable bonds is 5. The van der Waals surface area contributed by atoms with Crippen LogP contribution < -0.4 is 15.7 Å².